The second-order valence-corrected chi connectivity index (χ2v) is 3.58. The van der Waals surface area contributed by atoms with E-state index in [1.165, 1.54) is 36.4 Å². The first-order valence-corrected chi connectivity index (χ1v) is 5.22. The van der Waals surface area contributed by atoms with Crippen molar-refractivity contribution in [2.75, 3.05) is 0 Å². The highest BCUT2D eigenvalue weighted by molar-refractivity contribution is 5.88. The first-order valence-electron chi connectivity index (χ1n) is 5.22. The summed E-state index contributed by atoms with van der Waals surface area (Å²) in [6.45, 7) is 0. The summed E-state index contributed by atoms with van der Waals surface area (Å²) in [6, 6.07) is 10.1. The van der Waals surface area contributed by atoms with Crippen LogP contribution in [0.3, 0.4) is 0 Å². The van der Waals surface area contributed by atoms with Crippen LogP contribution in [0.1, 0.15) is 11.3 Å². The van der Waals surface area contributed by atoms with Crippen molar-refractivity contribution in [2.24, 2.45) is 0 Å². The molecule has 5 nitrogen and oxygen atoms in total. The normalized spacial score (nSPS) is 11.1. The van der Waals surface area contributed by atoms with Crippen LogP contribution in [0.25, 0.3) is 11.6 Å². The Morgan fingerprint density at radius 3 is 2.68 bits per heavy atom. The van der Waals surface area contributed by atoms with Crippen molar-refractivity contribution >= 4 is 17.5 Å². The smallest absolute Gasteiger partial charge is 0.401 e. The first kappa shape index (κ1) is 12.5. The standard InChI is InChI=1S/C13H7FN2O3/c14-12-4-2-1-3-11(12)9(8-15)7-10-5-6-13(19-10)16(17)18/h1-7H/b9-7-. The van der Waals surface area contributed by atoms with Crippen molar-refractivity contribution in [1.29, 1.82) is 5.26 Å². The summed E-state index contributed by atoms with van der Waals surface area (Å²) in [5.41, 5.74) is 0.145. The fourth-order valence-electron chi connectivity index (χ4n) is 1.51. The third kappa shape index (κ3) is 2.66. The minimum absolute atomic E-state index is 0.0300. The summed E-state index contributed by atoms with van der Waals surface area (Å²) in [4.78, 5) is 9.77. The Morgan fingerprint density at radius 1 is 1.37 bits per heavy atom. The van der Waals surface area contributed by atoms with Crippen LogP contribution in [0.4, 0.5) is 10.3 Å². The molecule has 6 heteroatoms. The van der Waals surface area contributed by atoms with Gasteiger partial charge in [0.2, 0.25) is 0 Å². The van der Waals surface area contributed by atoms with Crippen molar-refractivity contribution in [1.82, 2.24) is 0 Å². The Balaban J connectivity index is 2.42. The van der Waals surface area contributed by atoms with Crippen molar-refractivity contribution < 1.29 is 13.7 Å². The molecule has 0 aliphatic carbocycles. The first-order chi connectivity index (χ1) is 9.11. The molecule has 0 N–H and O–H groups in total. The molecule has 0 radical (unpaired) electrons. The van der Waals surface area contributed by atoms with Gasteiger partial charge in [0.15, 0.2) is 0 Å². The van der Waals surface area contributed by atoms with Gasteiger partial charge in [0.05, 0.1) is 17.7 Å². The molecule has 0 saturated heterocycles. The zero-order valence-corrected chi connectivity index (χ0v) is 9.54. The third-order valence-corrected chi connectivity index (χ3v) is 2.36. The number of nitro groups is 1. The molecule has 1 heterocycles. The number of benzene rings is 1. The van der Waals surface area contributed by atoms with E-state index in [1.807, 2.05) is 6.07 Å². The lowest BCUT2D eigenvalue weighted by molar-refractivity contribution is -0.402. The zero-order chi connectivity index (χ0) is 13.8. The maximum atomic E-state index is 13.5. The van der Waals surface area contributed by atoms with Gasteiger partial charge in [-0.1, -0.05) is 18.2 Å². The van der Waals surface area contributed by atoms with Gasteiger partial charge in [0.1, 0.15) is 16.5 Å². The Labute approximate surface area is 107 Å². The van der Waals surface area contributed by atoms with E-state index in [9.17, 15) is 14.5 Å². The van der Waals surface area contributed by atoms with Gasteiger partial charge < -0.3 is 4.42 Å². The number of furan rings is 1. The van der Waals surface area contributed by atoms with Crippen molar-refractivity contribution in [3.05, 3.63) is 63.7 Å². The number of halogens is 1. The highest BCUT2D eigenvalue weighted by atomic mass is 19.1. The highest BCUT2D eigenvalue weighted by Crippen LogP contribution is 2.23. The van der Waals surface area contributed by atoms with Crippen molar-refractivity contribution in [3.63, 3.8) is 0 Å². The molecule has 0 spiro atoms. The lowest BCUT2D eigenvalue weighted by atomic mass is 10.1. The maximum Gasteiger partial charge on any atom is 0.433 e. The average molecular weight is 258 g/mol. The van der Waals surface area contributed by atoms with Gasteiger partial charge in [-0.3, -0.25) is 10.1 Å². The molecule has 0 aliphatic rings. The van der Waals surface area contributed by atoms with Gasteiger partial charge in [0.25, 0.3) is 0 Å². The van der Waals surface area contributed by atoms with E-state index < -0.39 is 16.6 Å². The van der Waals surface area contributed by atoms with Crippen molar-refractivity contribution in [2.45, 2.75) is 0 Å². The molecule has 1 aromatic carbocycles. The van der Waals surface area contributed by atoms with Gasteiger partial charge in [-0.2, -0.15) is 5.26 Å². The van der Waals surface area contributed by atoms with Gasteiger partial charge in [0, 0.05) is 5.56 Å². The van der Waals surface area contributed by atoms with E-state index in [4.69, 9.17) is 9.68 Å². The van der Waals surface area contributed by atoms with Crippen molar-refractivity contribution in [3.8, 4) is 6.07 Å². The highest BCUT2D eigenvalue weighted by Gasteiger charge is 2.12. The largest absolute Gasteiger partial charge is 0.433 e. The number of allylic oxidation sites excluding steroid dienone is 1. The fourth-order valence-corrected chi connectivity index (χ4v) is 1.51. The zero-order valence-electron chi connectivity index (χ0n) is 9.54. The molecule has 1 aromatic heterocycles. The average Bonchev–Trinajstić information content (AvgIpc) is 2.86. The van der Waals surface area contributed by atoms with E-state index in [-0.39, 0.29) is 16.9 Å². The fraction of sp³-hybridized carbons (Fsp3) is 0. The summed E-state index contributed by atoms with van der Waals surface area (Å²) in [7, 11) is 0. The number of nitrogens with zero attached hydrogens (tertiary/aromatic N) is 2. The lowest BCUT2D eigenvalue weighted by Gasteiger charge is -1.99. The Hall–Kier alpha value is -2.94. The molecule has 2 aromatic rings. The summed E-state index contributed by atoms with van der Waals surface area (Å²) in [5, 5.41) is 19.5. The molecule has 0 fully saturated rings. The molecule has 0 atom stereocenters. The van der Waals surface area contributed by atoms with Crippen LogP contribution >= 0.6 is 0 Å². The summed E-state index contributed by atoms with van der Waals surface area (Å²) in [6.07, 6.45) is 1.26. The quantitative estimate of drug-likeness (QED) is 0.480. The molecular formula is C13H7FN2O3. The molecule has 0 unspecified atom stereocenters. The number of rotatable bonds is 3. The molecule has 0 aliphatic heterocycles. The van der Waals surface area contributed by atoms with E-state index in [0.717, 1.165) is 0 Å². The molecule has 2 rings (SSSR count). The molecule has 0 bridgehead atoms. The maximum absolute atomic E-state index is 13.5. The number of hydrogen-bond donors (Lipinski definition) is 0. The van der Waals surface area contributed by atoms with Gasteiger partial charge in [-0.15, -0.1) is 0 Å². The van der Waals surface area contributed by atoms with E-state index in [1.54, 1.807) is 6.07 Å². The topological polar surface area (TPSA) is 80.1 Å². The Bertz CT molecular complexity index is 698. The summed E-state index contributed by atoms with van der Waals surface area (Å²) >= 11 is 0. The predicted octanol–water partition coefficient (Wildman–Crippen LogP) is 3.39. The second-order valence-electron chi connectivity index (χ2n) is 3.58. The third-order valence-electron chi connectivity index (χ3n) is 2.36. The summed E-state index contributed by atoms with van der Waals surface area (Å²) in [5.74, 6) is -0.861. The van der Waals surface area contributed by atoms with Gasteiger partial charge >= 0.3 is 5.88 Å². The molecule has 0 amide bonds. The van der Waals surface area contributed by atoms with Gasteiger partial charge in [-0.25, -0.2) is 4.39 Å². The van der Waals surface area contributed by atoms with E-state index in [0.29, 0.717) is 0 Å². The van der Waals surface area contributed by atoms with Crippen LogP contribution in [0.2, 0.25) is 0 Å². The van der Waals surface area contributed by atoms with Crippen LogP contribution in [0, 0.1) is 27.3 Å². The van der Waals surface area contributed by atoms with E-state index in [2.05, 4.69) is 0 Å². The monoisotopic (exact) mass is 258 g/mol. The molecular weight excluding hydrogens is 251 g/mol. The van der Waals surface area contributed by atoms with Crippen LogP contribution in [0.5, 0.6) is 0 Å². The van der Waals surface area contributed by atoms with Crippen LogP contribution in [-0.4, -0.2) is 4.92 Å². The van der Waals surface area contributed by atoms with Gasteiger partial charge in [-0.05, 0) is 18.2 Å². The Morgan fingerprint density at radius 2 is 2.11 bits per heavy atom. The number of nitriles is 1. The predicted molar refractivity (Wildman–Crippen MR) is 65.2 cm³/mol. The van der Waals surface area contributed by atoms with Crippen LogP contribution in [0.15, 0.2) is 40.8 Å². The molecule has 0 saturated carbocycles. The van der Waals surface area contributed by atoms with Crippen LogP contribution < -0.4 is 0 Å². The van der Waals surface area contributed by atoms with Crippen LogP contribution in [-0.2, 0) is 0 Å². The molecule has 94 valence electrons. The minimum atomic E-state index is -0.688. The summed E-state index contributed by atoms with van der Waals surface area (Å²) < 4.78 is 18.4. The SMILES string of the molecule is N#C/C(=C/c1ccc([N+](=O)[O-])o1)c1ccccc1F. The second kappa shape index (κ2) is 5.14. The minimum Gasteiger partial charge on any atom is -0.401 e. The lowest BCUT2D eigenvalue weighted by Crippen LogP contribution is -1.87. The van der Waals surface area contributed by atoms with E-state index >= 15 is 0 Å². The Kier molecular flexibility index (Phi) is 3.39. The molecule has 19 heavy (non-hydrogen) atoms. The number of hydrogen-bond acceptors (Lipinski definition) is 4.